The van der Waals surface area contributed by atoms with Gasteiger partial charge < -0.3 is 15.2 Å². The molecule has 0 bridgehead atoms. The first-order valence-electron chi connectivity index (χ1n) is 4.03. The number of rotatable bonds is 2. The zero-order valence-electron chi connectivity index (χ0n) is 7.44. The van der Waals surface area contributed by atoms with Crippen LogP contribution in [-0.2, 0) is 0 Å². The molecular formula is C8H8BF3O3. The van der Waals surface area contributed by atoms with Gasteiger partial charge in [0, 0.05) is 0 Å². The molecule has 1 rings (SSSR count). The van der Waals surface area contributed by atoms with Crippen molar-refractivity contribution in [3.05, 3.63) is 29.8 Å². The highest BCUT2D eigenvalue weighted by Crippen LogP contribution is 2.31. The largest absolute Gasteiger partial charge is 0.488 e. The van der Waals surface area contributed by atoms with Gasteiger partial charge >= 0.3 is 13.3 Å². The van der Waals surface area contributed by atoms with Gasteiger partial charge in [-0.25, -0.2) is 0 Å². The topological polar surface area (TPSA) is 60.7 Å². The summed E-state index contributed by atoms with van der Waals surface area (Å²) in [7, 11) is -1.86. The lowest BCUT2D eigenvalue weighted by molar-refractivity contribution is -0.206. The third-order valence-electron chi connectivity index (χ3n) is 1.83. The molecule has 0 aliphatic carbocycles. The summed E-state index contributed by atoms with van der Waals surface area (Å²) in [6, 6.07) is 4.41. The van der Waals surface area contributed by atoms with E-state index < -0.39 is 25.0 Å². The van der Waals surface area contributed by atoms with Crippen LogP contribution in [0, 0.1) is 0 Å². The first-order valence-corrected chi connectivity index (χ1v) is 4.03. The second kappa shape index (κ2) is 4.22. The summed E-state index contributed by atoms with van der Waals surface area (Å²) in [5.41, 5.74) is -0.524. The van der Waals surface area contributed by atoms with Crippen molar-refractivity contribution in [1.82, 2.24) is 0 Å². The van der Waals surface area contributed by atoms with E-state index in [1.165, 1.54) is 12.1 Å². The van der Waals surface area contributed by atoms with Gasteiger partial charge in [0.25, 0.3) is 0 Å². The number of hydrogen-bond acceptors (Lipinski definition) is 3. The van der Waals surface area contributed by atoms with Crippen molar-refractivity contribution in [3.8, 4) is 0 Å². The molecule has 0 saturated heterocycles. The Morgan fingerprint density at radius 3 is 2.27 bits per heavy atom. The van der Waals surface area contributed by atoms with Crippen LogP contribution in [0.3, 0.4) is 0 Å². The summed E-state index contributed by atoms with van der Waals surface area (Å²) >= 11 is 0. The van der Waals surface area contributed by atoms with Crippen LogP contribution in [-0.4, -0.2) is 28.4 Å². The molecule has 82 valence electrons. The van der Waals surface area contributed by atoms with Gasteiger partial charge in [0.05, 0.1) is 0 Å². The van der Waals surface area contributed by atoms with Crippen LogP contribution in [0.1, 0.15) is 11.7 Å². The monoisotopic (exact) mass is 220 g/mol. The molecule has 1 unspecified atom stereocenters. The standard InChI is InChI=1S/C8H8BF3O3/c10-8(11,12)7(13)5-2-1-3-6(4-5)9(14)15/h1-4,7,13-15H. The summed E-state index contributed by atoms with van der Waals surface area (Å²) in [4.78, 5) is 0. The molecule has 1 aromatic rings. The molecule has 0 aliphatic rings. The van der Waals surface area contributed by atoms with E-state index in [2.05, 4.69) is 0 Å². The minimum absolute atomic E-state index is 0.101. The summed E-state index contributed by atoms with van der Waals surface area (Å²) in [5.74, 6) is 0. The number of alkyl halides is 3. The van der Waals surface area contributed by atoms with Crippen LogP contribution in [0.4, 0.5) is 13.2 Å². The SMILES string of the molecule is OB(O)c1cccc(C(O)C(F)(F)F)c1. The van der Waals surface area contributed by atoms with Crippen LogP contribution in [0.2, 0.25) is 0 Å². The normalized spacial score (nSPS) is 13.7. The minimum atomic E-state index is -4.76. The average Bonchev–Trinajstić information content (AvgIpc) is 2.15. The lowest BCUT2D eigenvalue weighted by atomic mass is 9.79. The van der Waals surface area contributed by atoms with E-state index >= 15 is 0 Å². The fourth-order valence-electron chi connectivity index (χ4n) is 1.08. The van der Waals surface area contributed by atoms with Crippen molar-refractivity contribution in [2.75, 3.05) is 0 Å². The predicted octanol–water partition coefficient (Wildman–Crippen LogP) is -0.0379. The molecule has 0 saturated carbocycles. The Balaban J connectivity index is 3.00. The van der Waals surface area contributed by atoms with Crippen molar-refractivity contribution >= 4 is 12.6 Å². The highest BCUT2D eigenvalue weighted by Gasteiger charge is 2.39. The first kappa shape index (κ1) is 12.0. The minimum Gasteiger partial charge on any atom is -0.423 e. The molecule has 0 spiro atoms. The molecule has 0 heterocycles. The summed E-state index contributed by atoms with van der Waals surface area (Å²) in [6.45, 7) is 0. The molecule has 3 N–H and O–H groups in total. The van der Waals surface area contributed by atoms with Crippen molar-refractivity contribution in [1.29, 1.82) is 0 Å². The molecule has 1 atom stereocenters. The Morgan fingerprint density at radius 1 is 1.20 bits per heavy atom. The summed E-state index contributed by atoms with van der Waals surface area (Å²) in [5, 5.41) is 26.3. The van der Waals surface area contributed by atoms with E-state index in [4.69, 9.17) is 15.2 Å². The first-order chi connectivity index (χ1) is 6.82. The lowest BCUT2D eigenvalue weighted by Crippen LogP contribution is -2.31. The van der Waals surface area contributed by atoms with Crippen LogP contribution in [0.25, 0.3) is 0 Å². The molecule has 0 aromatic heterocycles. The molecule has 7 heteroatoms. The fraction of sp³-hybridized carbons (Fsp3) is 0.250. The number of halogens is 3. The van der Waals surface area contributed by atoms with E-state index in [9.17, 15) is 13.2 Å². The third-order valence-corrected chi connectivity index (χ3v) is 1.83. The van der Waals surface area contributed by atoms with E-state index in [1.54, 1.807) is 0 Å². The van der Waals surface area contributed by atoms with Gasteiger partial charge in [0.2, 0.25) is 0 Å². The van der Waals surface area contributed by atoms with Crippen LogP contribution in [0.15, 0.2) is 24.3 Å². The molecule has 15 heavy (non-hydrogen) atoms. The van der Waals surface area contributed by atoms with Gasteiger partial charge in [-0.2, -0.15) is 13.2 Å². The Bertz CT molecular complexity index is 340. The molecule has 0 radical (unpaired) electrons. The van der Waals surface area contributed by atoms with Crippen LogP contribution < -0.4 is 5.46 Å². The molecule has 0 fully saturated rings. The third kappa shape index (κ3) is 2.95. The van der Waals surface area contributed by atoms with Gasteiger partial charge in [0.15, 0.2) is 6.10 Å². The fourth-order valence-corrected chi connectivity index (χ4v) is 1.08. The summed E-state index contributed by atoms with van der Waals surface area (Å²) in [6.07, 6.45) is -7.38. The Hall–Kier alpha value is -1.05. The highest BCUT2D eigenvalue weighted by atomic mass is 19.4. The van der Waals surface area contributed by atoms with Crippen molar-refractivity contribution in [2.45, 2.75) is 12.3 Å². The molecule has 0 aliphatic heterocycles. The van der Waals surface area contributed by atoms with Crippen molar-refractivity contribution in [3.63, 3.8) is 0 Å². The maximum atomic E-state index is 12.1. The van der Waals surface area contributed by atoms with E-state index in [0.29, 0.717) is 0 Å². The molecule has 0 amide bonds. The van der Waals surface area contributed by atoms with Crippen LogP contribution >= 0.6 is 0 Å². The number of aliphatic hydroxyl groups excluding tert-OH is 1. The van der Waals surface area contributed by atoms with Crippen molar-refractivity contribution in [2.24, 2.45) is 0 Å². The lowest BCUT2D eigenvalue weighted by Gasteiger charge is -2.15. The van der Waals surface area contributed by atoms with E-state index in [-0.39, 0.29) is 5.46 Å². The van der Waals surface area contributed by atoms with Gasteiger partial charge in [-0.15, -0.1) is 0 Å². The Labute approximate surface area is 83.9 Å². The van der Waals surface area contributed by atoms with Gasteiger partial charge in [0.1, 0.15) is 0 Å². The number of hydrogen-bond donors (Lipinski definition) is 3. The van der Waals surface area contributed by atoms with E-state index in [1.807, 2.05) is 0 Å². The van der Waals surface area contributed by atoms with Gasteiger partial charge in [-0.1, -0.05) is 24.3 Å². The van der Waals surface area contributed by atoms with Gasteiger partial charge in [-0.3, -0.25) is 0 Å². The Kier molecular flexibility index (Phi) is 3.38. The number of aliphatic hydroxyl groups is 1. The summed E-state index contributed by atoms with van der Waals surface area (Å²) < 4.78 is 36.3. The van der Waals surface area contributed by atoms with Crippen LogP contribution in [0.5, 0.6) is 0 Å². The maximum absolute atomic E-state index is 12.1. The molecule has 3 nitrogen and oxygen atoms in total. The number of benzene rings is 1. The zero-order valence-corrected chi connectivity index (χ0v) is 7.44. The molecular weight excluding hydrogens is 212 g/mol. The van der Waals surface area contributed by atoms with Crippen molar-refractivity contribution < 1.29 is 28.3 Å². The smallest absolute Gasteiger partial charge is 0.423 e. The predicted molar refractivity (Wildman–Crippen MR) is 47.3 cm³/mol. The average molecular weight is 220 g/mol. The zero-order chi connectivity index (χ0) is 11.6. The highest BCUT2D eigenvalue weighted by molar-refractivity contribution is 6.58. The second-order valence-electron chi connectivity index (χ2n) is 2.99. The van der Waals surface area contributed by atoms with Gasteiger partial charge in [-0.05, 0) is 11.0 Å². The quantitative estimate of drug-likeness (QED) is 0.613. The molecule has 1 aromatic carbocycles. The Morgan fingerprint density at radius 2 is 1.80 bits per heavy atom. The second-order valence-corrected chi connectivity index (χ2v) is 2.99. The maximum Gasteiger partial charge on any atom is 0.488 e. The van der Waals surface area contributed by atoms with E-state index in [0.717, 1.165) is 12.1 Å².